The number of amides is 1. The SMILES string of the molecule is C=C(C(=O)Nc1ccc2c(=O)onc(N)c2c1)c1ccccc1. The Labute approximate surface area is 131 Å². The quantitative estimate of drug-likeness (QED) is 0.724. The van der Waals surface area contributed by atoms with Crippen LogP contribution in [0.25, 0.3) is 16.3 Å². The first-order valence-electron chi connectivity index (χ1n) is 6.81. The first-order valence-corrected chi connectivity index (χ1v) is 6.81. The van der Waals surface area contributed by atoms with Gasteiger partial charge < -0.3 is 15.6 Å². The van der Waals surface area contributed by atoms with Crippen LogP contribution in [0.4, 0.5) is 11.5 Å². The fourth-order valence-corrected chi connectivity index (χ4v) is 2.18. The van der Waals surface area contributed by atoms with Crippen molar-refractivity contribution in [1.29, 1.82) is 0 Å². The number of nitrogen functional groups attached to an aromatic ring is 1. The summed E-state index contributed by atoms with van der Waals surface area (Å²) in [6, 6.07) is 13.8. The van der Waals surface area contributed by atoms with E-state index in [9.17, 15) is 9.59 Å². The van der Waals surface area contributed by atoms with E-state index in [1.54, 1.807) is 24.3 Å². The summed E-state index contributed by atoms with van der Waals surface area (Å²) in [5.74, 6) is -0.261. The topological polar surface area (TPSA) is 98.2 Å². The molecule has 23 heavy (non-hydrogen) atoms. The molecule has 6 nitrogen and oxygen atoms in total. The summed E-state index contributed by atoms with van der Waals surface area (Å²) in [6.45, 7) is 3.80. The van der Waals surface area contributed by atoms with E-state index >= 15 is 0 Å². The molecule has 6 heteroatoms. The number of hydrogen-bond donors (Lipinski definition) is 2. The molecule has 0 bridgehead atoms. The molecule has 3 aromatic rings. The number of nitrogens with one attached hydrogen (secondary N) is 1. The summed E-state index contributed by atoms with van der Waals surface area (Å²) in [7, 11) is 0. The minimum Gasteiger partial charge on any atom is -0.380 e. The van der Waals surface area contributed by atoms with Crippen LogP contribution < -0.4 is 16.7 Å². The molecule has 0 fully saturated rings. The van der Waals surface area contributed by atoms with Gasteiger partial charge >= 0.3 is 5.63 Å². The molecule has 1 heterocycles. The van der Waals surface area contributed by atoms with E-state index < -0.39 is 5.63 Å². The van der Waals surface area contributed by atoms with Gasteiger partial charge in [0.2, 0.25) is 0 Å². The summed E-state index contributed by atoms with van der Waals surface area (Å²) in [5, 5.41) is 6.92. The fraction of sp³-hybridized carbons (Fsp3) is 0. The lowest BCUT2D eigenvalue weighted by molar-refractivity contribution is -0.111. The Morgan fingerprint density at radius 2 is 1.87 bits per heavy atom. The van der Waals surface area contributed by atoms with Gasteiger partial charge in [0.15, 0.2) is 5.82 Å². The third kappa shape index (κ3) is 2.82. The predicted octanol–water partition coefficient (Wildman–Crippen LogP) is 2.42. The van der Waals surface area contributed by atoms with Crippen molar-refractivity contribution in [3.05, 3.63) is 71.1 Å². The van der Waals surface area contributed by atoms with Crippen molar-refractivity contribution in [1.82, 2.24) is 5.16 Å². The molecule has 0 saturated heterocycles. The Kier molecular flexibility index (Phi) is 3.64. The van der Waals surface area contributed by atoms with Gasteiger partial charge in [0.25, 0.3) is 5.91 Å². The van der Waals surface area contributed by atoms with Crippen LogP contribution in [0.5, 0.6) is 0 Å². The monoisotopic (exact) mass is 307 g/mol. The van der Waals surface area contributed by atoms with E-state index in [2.05, 4.69) is 21.6 Å². The Morgan fingerprint density at radius 1 is 1.13 bits per heavy atom. The minimum atomic E-state index is -0.583. The van der Waals surface area contributed by atoms with Gasteiger partial charge in [-0.2, -0.15) is 0 Å². The highest BCUT2D eigenvalue weighted by Gasteiger charge is 2.11. The summed E-state index contributed by atoms with van der Waals surface area (Å²) < 4.78 is 4.56. The van der Waals surface area contributed by atoms with Gasteiger partial charge in [-0.1, -0.05) is 42.1 Å². The fourth-order valence-electron chi connectivity index (χ4n) is 2.18. The molecule has 0 spiro atoms. The molecule has 3 rings (SSSR count). The zero-order valence-corrected chi connectivity index (χ0v) is 12.1. The summed E-state index contributed by atoms with van der Waals surface area (Å²) in [4.78, 5) is 23.8. The molecule has 0 aliphatic rings. The van der Waals surface area contributed by atoms with E-state index in [1.165, 1.54) is 6.07 Å². The van der Waals surface area contributed by atoms with Crippen LogP contribution in [0, 0.1) is 0 Å². The van der Waals surface area contributed by atoms with Crippen LogP contribution in [-0.2, 0) is 4.79 Å². The average Bonchev–Trinajstić information content (AvgIpc) is 2.58. The van der Waals surface area contributed by atoms with E-state index in [0.29, 0.717) is 22.0 Å². The lowest BCUT2D eigenvalue weighted by atomic mass is 10.1. The largest absolute Gasteiger partial charge is 0.380 e. The molecule has 0 aliphatic carbocycles. The molecular weight excluding hydrogens is 294 g/mol. The summed E-state index contributed by atoms with van der Waals surface area (Å²) >= 11 is 0. The van der Waals surface area contributed by atoms with E-state index in [1.807, 2.05) is 18.2 Å². The Bertz CT molecular complexity index is 962. The maximum absolute atomic E-state index is 12.3. The maximum Gasteiger partial charge on any atom is 0.366 e. The van der Waals surface area contributed by atoms with Gasteiger partial charge in [0.1, 0.15) is 0 Å². The molecule has 3 N–H and O–H groups in total. The number of benzene rings is 2. The van der Waals surface area contributed by atoms with Crippen molar-refractivity contribution in [2.75, 3.05) is 11.1 Å². The zero-order chi connectivity index (χ0) is 16.4. The predicted molar refractivity (Wildman–Crippen MR) is 88.8 cm³/mol. The number of hydrogen-bond acceptors (Lipinski definition) is 5. The molecule has 0 radical (unpaired) electrons. The Hall–Kier alpha value is -3.41. The van der Waals surface area contributed by atoms with Crippen molar-refractivity contribution in [2.24, 2.45) is 0 Å². The normalized spacial score (nSPS) is 10.4. The number of anilines is 2. The molecule has 1 amide bonds. The Morgan fingerprint density at radius 3 is 2.61 bits per heavy atom. The average molecular weight is 307 g/mol. The van der Waals surface area contributed by atoms with Crippen LogP contribution in [0.2, 0.25) is 0 Å². The molecule has 114 valence electrons. The van der Waals surface area contributed by atoms with E-state index in [0.717, 1.165) is 5.56 Å². The molecule has 2 aromatic carbocycles. The maximum atomic E-state index is 12.3. The van der Waals surface area contributed by atoms with E-state index in [4.69, 9.17) is 5.73 Å². The van der Waals surface area contributed by atoms with Crippen LogP contribution in [0.1, 0.15) is 5.56 Å². The number of carbonyl (C=O) groups excluding carboxylic acids is 1. The van der Waals surface area contributed by atoms with Gasteiger partial charge in [0, 0.05) is 16.6 Å². The minimum absolute atomic E-state index is 0.0811. The lowest BCUT2D eigenvalue weighted by Crippen LogP contribution is -2.13. The first-order chi connectivity index (χ1) is 11.1. The third-order valence-corrected chi connectivity index (χ3v) is 3.40. The van der Waals surface area contributed by atoms with Gasteiger partial charge in [0.05, 0.1) is 5.39 Å². The standard InChI is InChI=1S/C17H13N3O3/c1-10(11-5-3-2-4-6-11)16(21)19-12-7-8-13-14(9-12)15(18)20-23-17(13)22/h2-9H,1H2,(H2,18,20)(H,19,21). The number of nitrogens with zero attached hydrogens (tertiary/aromatic N) is 1. The summed E-state index contributed by atoms with van der Waals surface area (Å²) in [5.41, 5.74) is 6.67. The number of rotatable bonds is 3. The van der Waals surface area contributed by atoms with Crippen molar-refractivity contribution in [3.8, 4) is 0 Å². The summed E-state index contributed by atoms with van der Waals surface area (Å²) in [6.07, 6.45) is 0. The van der Waals surface area contributed by atoms with Crippen molar-refractivity contribution in [3.63, 3.8) is 0 Å². The molecular formula is C17H13N3O3. The molecule has 0 unspecified atom stereocenters. The zero-order valence-electron chi connectivity index (χ0n) is 12.1. The van der Waals surface area contributed by atoms with Crippen molar-refractivity contribution >= 4 is 33.8 Å². The van der Waals surface area contributed by atoms with Gasteiger partial charge in [-0.05, 0) is 23.8 Å². The second kappa shape index (κ2) is 5.76. The van der Waals surface area contributed by atoms with Gasteiger partial charge in [-0.3, -0.25) is 4.79 Å². The number of carbonyl (C=O) groups is 1. The highest BCUT2D eigenvalue weighted by molar-refractivity contribution is 6.24. The number of aromatic nitrogens is 1. The van der Waals surface area contributed by atoms with Crippen LogP contribution >= 0.6 is 0 Å². The van der Waals surface area contributed by atoms with Crippen LogP contribution in [0.3, 0.4) is 0 Å². The number of nitrogens with two attached hydrogens (primary N) is 1. The molecule has 1 aromatic heterocycles. The van der Waals surface area contributed by atoms with E-state index in [-0.39, 0.29) is 11.7 Å². The van der Waals surface area contributed by atoms with Gasteiger partial charge in [-0.15, -0.1) is 0 Å². The Balaban J connectivity index is 1.90. The van der Waals surface area contributed by atoms with Crippen LogP contribution in [-0.4, -0.2) is 11.1 Å². The van der Waals surface area contributed by atoms with Crippen LogP contribution in [0.15, 0.2) is 64.4 Å². The first kappa shape index (κ1) is 14.5. The van der Waals surface area contributed by atoms with Crippen molar-refractivity contribution in [2.45, 2.75) is 0 Å². The highest BCUT2D eigenvalue weighted by Crippen LogP contribution is 2.22. The second-order valence-corrected chi connectivity index (χ2v) is 4.91. The molecule has 0 aliphatic heterocycles. The third-order valence-electron chi connectivity index (χ3n) is 3.40. The lowest BCUT2D eigenvalue weighted by Gasteiger charge is -2.09. The molecule has 0 saturated carbocycles. The second-order valence-electron chi connectivity index (χ2n) is 4.91. The molecule has 0 atom stereocenters. The highest BCUT2D eigenvalue weighted by atomic mass is 16.5. The number of fused-ring (bicyclic) bond motifs is 1. The van der Waals surface area contributed by atoms with Gasteiger partial charge in [-0.25, -0.2) is 4.79 Å². The smallest absolute Gasteiger partial charge is 0.366 e. The van der Waals surface area contributed by atoms with Crippen molar-refractivity contribution < 1.29 is 9.32 Å².